The van der Waals surface area contributed by atoms with Gasteiger partial charge in [0.2, 0.25) is 0 Å². The number of amides is 2. The fraction of sp³-hybridized carbons (Fsp3) is 0.875. The van der Waals surface area contributed by atoms with Gasteiger partial charge in [-0.05, 0) is 0 Å². The second-order valence-corrected chi connectivity index (χ2v) is 3.09. The van der Waals surface area contributed by atoms with E-state index in [4.69, 9.17) is 10.5 Å². The summed E-state index contributed by atoms with van der Waals surface area (Å²) in [6.07, 6.45) is 0. The normalized spacial score (nSPS) is 17.2. The van der Waals surface area contributed by atoms with E-state index in [-0.39, 0.29) is 6.03 Å². The molecular weight excluding hydrogens is 170 g/mol. The first-order chi connectivity index (χ1) is 6.25. The summed E-state index contributed by atoms with van der Waals surface area (Å²) in [7, 11) is 1.77. The summed E-state index contributed by atoms with van der Waals surface area (Å²) in [6, 6.07) is 0.0498. The molecule has 76 valence electrons. The molecule has 1 heterocycles. The first-order valence-electron chi connectivity index (χ1n) is 4.53. The molecule has 0 aromatic rings. The van der Waals surface area contributed by atoms with Gasteiger partial charge in [-0.15, -0.1) is 0 Å². The molecule has 0 atom stereocenters. The van der Waals surface area contributed by atoms with Crippen LogP contribution in [0.4, 0.5) is 4.79 Å². The molecule has 1 saturated heterocycles. The maximum atomic E-state index is 11.6. The van der Waals surface area contributed by atoms with Gasteiger partial charge in [-0.2, -0.15) is 0 Å². The Labute approximate surface area is 78.4 Å². The largest absolute Gasteiger partial charge is 0.378 e. The zero-order valence-corrected chi connectivity index (χ0v) is 8.03. The van der Waals surface area contributed by atoms with Crippen LogP contribution in [-0.4, -0.2) is 62.3 Å². The number of carbonyl (C=O) groups is 1. The van der Waals surface area contributed by atoms with Crippen LogP contribution in [0.5, 0.6) is 0 Å². The third-order valence-electron chi connectivity index (χ3n) is 2.07. The predicted octanol–water partition coefficient (Wildman–Crippen LogP) is -0.671. The maximum Gasteiger partial charge on any atom is 0.319 e. The summed E-state index contributed by atoms with van der Waals surface area (Å²) in [6.45, 7) is 3.77. The summed E-state index contributed by atoms with van der Waals surface area (Å²) in [5.74, 6) is 0. The monoisotopic (exact) mass is 187 g/mol. The second kappa shape index (κ2) is 5.04. The lowest BCUT2D eigenvalue weighted by Crippen LogP contribution is -2.47. The smallest absolute Gasteiger partial charge is 0.319 e. The van der Waals surface area contributed by atoms with Crippen LogP contribution < -0.4 is 5.73 Å². The summed E-state index contributed by atoms with van der Waals surface area (Å²) < 4.78 is 5.15. The fourth-order valence-corrected chi connectivity index (χ4v) is 1.29. The Balaban J connectivity index is 2.36. The van der Waals surface area contributed by atoms with Crippen molar-refractivity contribution in [2.75, 3.05) is 46.4 Å². The lowest BCUT2D eigenvalue weighted by atomic mass is 10.4. The van der Waals surface area contributed by atoms with Gasteiger partial charge in [0.15, 0.2) is 0 Å². The summed E-state index contributed by atoms with van der Waals surface area (Å²) in [5.41, 5.74) is 5.36. The molecule has 13 heavy (non-hydrogen) atoms. The standard InChI is InChI=1S/C8H17N3O2/c1-10(3-2-9)8(12)11-4-6-13-7-5-11/h2-7,9H2,1H3. The first kappa shape index (κ1) is 10.3. The Morgan fingerprint density at radius 1 is 1.54 bits per heavy atom. The van der Waals surface area contributed by atoms with Gasteiger partial charge < -0.3 is 20.3 Å². The molecule has 2 N–H and O–H groups in total. The molecule has 0 aromatic heterocycles. The van der Waals surface area contributed by atoms with Crippen molar-refractivity contribution in [3.05, 3.63) is 0 Å². The topological polar surface area (TPSA) is 58.8 Å². The minimum absolute atomic E-state index is 0.0498. The highest BCUT2D eigenvalue weighted by Crippen LogP contribution is 2.00. The number of hydrogen-bond donors (Lipinski definition) is 1. The van der Waals surface area contributed by atoms with Gasteiger partial charge in [-0.25, -0.2) is 4.79 Å². The number of rotatable bonds is 2. The van der Waals surface area contributed by atoms with Crippen LogP contribution in [-0.2, 0) is 4.74 Å². The second-order valence-electron chi connectivity index (χ2n) is 3.09. The van der Waals surface area contributed by atoms with Crippen LogP contribution in [0.1, 0.15) is 0 Å². The highest BCUT2D eigenvalue weighted by Gasteiger charge is 2.19. The zero-order chi connectivity index (χ0) is 9.68. The lowest BCUT2D eigenvalue weighted by molar-refractivity contribution is 0.0455. The van der Waals surface area contributed by atoms with Gasteiger partial charge in [0, 0.05) is 33.2 Å². The average Bonchev–Trinajstić information content (AvgIpc) is 2.18. The van der Waals surface area contributed by atoms with Gasteiger partial charge in [0.05, 0.1) is 13.2 Å². The molecule has 0 radical (unpaired) electrons. The molecule has 1 fully saturated rings. The van der Waals surface area contributed by atoms with Crippen LogP contribution in [0.25, 0.3) is 0 Å². The minimum Gasteiger partial charge on any atom is -0.378 e. The van der Waals surface area contributed by atoms with Gasteiger partial charge >= 0.3 is 6.03 Å². The van der Waals surface area contributed by atoms with Gasteiger partial charge in [0.25, 0.3) is 0 Å². The van der Waals surface area contributed by atoms with Crippen molar-refractivity contribution in [1.82, 2.24) is 9.80 Å². The van der Waals surface area contributed by atoms with E-state index in [0.29, 0.717) is 39.4 Å². The number of nitrogens with two attached hydrogens (primary N) is 1. The van der Waals surface area contributed by atoms with Crippen molar-refractivity contribution in [2.24, 2.45) is 5.73 Å². The molecular formula is C8H17N3O2. The van der Waals surface area contributed by atoms with E-state index in [9.17, 15) is 4.79 Å². The predicted molar refractivity (Wildman–Crippen MR) is 49.5 cm³/mol. The van der Waals surface area contributed by atoms with E-state index in [1.54, 1.807) is 16.8 Å². The number of carbonyl (C=O) groups excluding carboxylic acids is 1. The van der Waals surface area contributed by atoms with Crippen LogP contribution >= 0.6 is 0 Å². The molecule has 2 amide bonds. The van der Waals surface area contributed by atoms with Crippen LogP contribution in [0.2, 0.25) is 0 Å². The Morgan fingerprint density at radius 3 is 2.69 bits per heavy atom. The van der Waals surface area contributed by atoms with Crippen LogP contribution in [0, 0.1) is 0 Å². The molecule has 0 bridgehead atoms. The molecule has 5 heteroatoms. The lowest BCUT2D eigenvalue weighted by Gasteiger charge is -2.30. The maximum absolute atomic E-state index is 11.6. The van der Waals surface area contributed by atoms with Crippen molar-refractivity contribution in [3.8, 4) is 0 Å². The summed E-state index contributed by atoms with van der Waals surface area (Å²) in [5, 5.41) is 0. The number of likely N-dealkylation sites (N-methyl/N-ethyl adjacent to an activating group) is 1. The minimum atomic E-state index is 0.0498. The number of morpholine rings is 1. The number of ether oxygens (including phenoxy) is 1. The van der Waals surface area contributed by atoms with Crippen LogP contribution in [0.3, 0.4) is 0 Å². The zero-order valence-electron chi connectivity index (χ0n) is 8.03. The highest BCUT2D eigenvalue weighted by molar-refractivity contribution is 5.74. The van der Waals surface area contributed by atoms with Crippen molar-refractivity contribution < 1.29 is 9.53 Å². The third kappa shape index (κ3) is 2.86. The Bertz CT molecular complexity index is 169. The average molecular weight is 187 g/mol. The summed E-state index contributed by atoms with van der Waals surface area (Å²) in [4.78, 5) is 15.1. The van der Waals surface area contributed by atoms with Crippen LogP contribution in [0.15, 0.2) is 0 Å². The molecule has 5 nitrogen and oxygen atoms in total. The van der Waals surface area contributed by atoms with E-state index in [1.165, 1.54) is 0 Å². The van der Waals surface area contributed by atoms with E-state index in [0.717, 1.165) is 0 Å². The fourth-order valence-electron chi connectivity index (χ4n) is 1.29. The quantitative estimate of drug-likeness (QED) is 0.623. The number of hydrogen-bond acceptors (Lipinski definition) is 3. The molecule has 0 aliphatic carbocycles. The Hall–Kier alpha value is -0.810. The molecule has 1 rings (SSSR count). The molecule has 1 aliphatic rings. The Kier molecular flexibility index (Phi) is 3.98. The van der Waals surface area contributed by atoms with Crippen molar-refractivity contribution in [2.45, 2.75) is 0 Å². The van der Waals surface area contributed by atoms with E-state index in [2.05, 4.69) is 0 Å². The first-order valence-corrected chi connectivity index (χ1v) is 4.53. The third-order valence-corrected chi connectivity index (χ3v) is 2.07. The molecule has 0 spiro atoms. The van der Waals surface area contributed by atoms with Gasteiger partial charge in [0.1, 0.15) is 0 Å². The van der Waals surface area contributed by atoms with Crippen molar-refractivity contribution in [3.63, 3.8) is 0 Å². The van der Waals surface area contributed by atoms with Crippen molar-refractivity contribution >= 4 is 6.03 Å². The van der Waals surface area contributed by atoms with E-state index < -0.39 is 0 Å². The molecule has 0 aromatic carbocycles. The van der Waals surface area contributed by atoms with E-state index >= 15 is 0 Å². The van der Waals surface area contributed by atoms with E-state index in [1.807, 2.05) is 0 Å². The highest BCUT2D eigenvalue weighted by atomic mass is 16.5. The number of urea groups is 1. The Morgan fingerprint density at radius 2 is 2.15 bits per heavy atom. The SMILES string of the molecule is CN(CCN)C(=O)N1CCOCC1. The molecule has 0 saturated carbocycles. The summed E-state index contributed by atoms with van der Waals surface area (Å²) >= 11 is 0. The van der Waals surface area contributed by atoms with Crippen molar-refractivity contribution in [1.29, 1.82) is 0 Å². The number of nitrogens with zero attached hydrogens (tertiary/aromatic N) is 2. The van der Waals surface area contributed by atoms with Gasteiger partial charge in [-0.1, -0.05) is 0 Å². The molecule has 1 aliphatic heterocycles. The van der Waals surface area contributed by atoms with Gasteiger partial charge in [-0.3, -0.25) is 0 Å². The molecule has 0 unspecified atom stereocenters.